The van der Waals surface area contributed by atoms with Crippen LogP contribution in [0.2, 0.25) is 0 Å². The maximum Gasteiger partial charge on any atom is 0.280 e. The Bertz CT molecular complexity index is 1450. The molecule has 0 radical (unpaired) electrons. The van der Waals surface area contributed by atoms with Crippen molar-refractivity contribution in [1.29, 1.82) is 0 Å². The first-order valence-corrected chi connectivity index (χ1v) is 10.6. The van der Waals surface area contributed by atoms with E-state index < -0.39 is 11.5 Å². The van der Waals surface area contributed by atoms with Crippen LogP contribution < -0.4 is 30.9 Å². The molecule has 3 N–H and O–H groups in total. The van der Waals surface area contributed by atoms with E-state index in [9.17, 15) is 9.59 Å². The van der Waals surface area contributed by atoms with Crippen molar-refractivity contribution >= 4 is 28.6 Å². The number of nitrogen functional groups attached to an aromatic ring is 1. The van der Waals surface area contributed by atoms with Gasteiger partial charge in [0.1, 0.15) is 0 Å². The van der Waals surface area contributed by atoms with Gasteiger partial charge in [0.2, 0.25) is 5.75 Å². The van der Waals surface area contributed by atoms with E-state index in [1.807, 2.05) is 6.07 Å². The Morgan fingerprint density at radius 3 is 2.20 bits per heavy atom. The molecular formula is C26H24N4O5. The van der Waals surface area contributed by atoms with Crippen LogP contribution in [0.15, 0.2) is 71.5 Å². The molecule has 0 aliphatic heterocycles. The SMILES string of the molecule is COc1cc(/C=C(\NC(=O)c2ccccc2)c2nc3ccccc3c(=O)n2N)cc(OC)c1OC. The number of rotatable bonds is 7. The predicted molar refractivity (Wildman–Crippen MR) is 134 cm³/mol. The van der Waals surface area contributed by atoms with Crippen molar-refractivity contribution in [2.75, 3.05) is 27.2 Å². The highest BCUT2D eigenvalue weighted by Crippen LogP contribution is 2.39. The number of carbonyl (C=O) groups is 1. The molecule has 0 spiro atoms. The normalized spacial score (nSPS) is 11.2. The summed E-state index contributed by atoms with van der Waals surface area (Å²) in [5.41, 5.74) is 1.22. The summed E-state index contributed by atoms with van der Waals surface area (Å²) in [6.45, 7) is 0. The van der Waals surface area contributed by atoms with Crippen molar-refractivity contribution in [3.63, 3.8) is 0 Å². The van der Waals surface area contributed by atoms with Crippen molar-refractivity contribution in [2.24, 2.45) is 0 Å². The lowest BCUT2D eigenvalue weighted by Gasteiger charge is -2.16. The second kappa shape index (κ2) is 10.0. The third kappa shape index (κ3) is 4.65. The average Bonchev–Trinajstić information content (AvgIpc) is 2.90. The van der Waals surface area contributed by atoms with E-state index in [-0.39, 0.29) is 11.5 Å². The Kier molecular flexibility index (Phi) is 6.68. The molecule has 0 aliphatic rings. The van der Waals surface area contributed by atoms with Gasteiger partial charge in [0.05, 0.1) is 37.9 Å². The monoisotopic (exact) mass is 472 g/mol. The molecular weight excluding hydrogens is 448 g/mol. The van der Waals surface area contributed by atoms with Crippen LogP contribution in [0.4, 0.5) is 0 Å². The molecule has 9 heteroatoms. The molecule has 0 aliphatic carbocycles. The summed E-state index contributed by atoms with van der Waals surface area (Å²) in [4.78, 5) is 30.6. The van der Waals surface area contributed by atoms with Gasteiger partial charge in [-0.1, -0.05) is 30.3 Å². The van der Waals surface area contributed by atoms with Crippen LogP contribution in [0.3, 0.4) is 0 Å². The van der Waals surface area contributed by atoms with Crippen LogP contribution >= 0.6 is 0 Å². The molecule has 35 heavy (non-hydrogen) atoms. The molecule has 0 unspecified atom stereocenters. The molecule has 178 valence electrons. The maximum atomic E-state index is 13.0. The van der Waals surface area contributed by atoms with Crippen LogP contribution in [0.1, 0.15) is 21.7 Å². The third-order valence-corrected chi connectivity index (χ3v) is 5.33. The fourth-order valence-electron chi connectivity index (χ4n) is 3.63. The first-order chi connectivity index (χ1) is 17.0. The summed E-state index contributed by atoms with van der Waals surface area (Å²) >= 11 is 0. The number of nitrogens with two attached hydrogens (primary N) is 1. The van der Waals surface area contributed by atoms with Gasteiger partial charge in [0, 0.05) is 5.56 Å². The van der Waals surface area contributed by atoms with E-state index in [0.29, 0.717) is 39.3 Å². The molecule has 0 saturated heterocycles. The van der Waals surface area contributed by atoms with E-state index in [1.54, 1.807) is 66.7 Å². The minimum Gasteiger partial charge on any atom is -0.493 e. The number of nitrogens with one attached hydrogen (secondary N) is 1. The lowest BCUT2D eigenvalue weighted by molar-refractivity contribution is 0.0973. The number of fused-ring (bicyclic) bond motifs is 1. The van der Waals surface area contributed by atoms with Crippen LogP contribution in [0.25, 0.3) is 22.7 Å². The number of aromatic nitrogens is 2. The largest absolute Gasteiger partial charge is 0.493 e. The van der Waals surface area contributed by atoms with Gasteiger partial charge in [-0.25, -0.2) is 9.66 Å². The van der Waals surface area contributed by atoms with Gasteiger partial charge in [-0.3, -0.25) is 9.59 Å². The molecule has 9 nitrogen and oxygen atoms in total. The fraction of sp³-hybridized carbons (Fsp3) is 0.115. The first kappa shape index (κ1) is 23.4. The van der Waals surface area contributed by atoms with Gasteiger partial charge in [0.25, 0.3) is 11.5 Å². The Labute approximate surface area is 201 Å². The summed E-state index contributed by atoms with van der Waals surface area (Å²) in [5.74, 6) is 7.09. The molecule has 1 amide bonds. The van der Waals surface area contributed by atoms with Crippen LogP contribution in [-0.4, -0.2) is 36.9 Å². The number of benzene rings is 3. The highest BCUT2D eigenvalue weighted by molar-refractivity contribution is 6.01. The summed E-state index contributed by atoms with van der Waals surface area (Å²) in [5, 5.41) is 3.20. The van der Waals surface area contributed by atoms with E-state index in [1.165, 1.54) is 21.3 Å². The number of para-hydroxylation sites is 1. The summed E-state index contributed by atoms with van der Waals surface area (Å²) < 4.78 is 17.2. The molecule has 4 rings (SSSR count). The van der Waals surface area contributed by atoms with Crippen molar-refractivity contribution in [3.8, 4) is 17.2 Å². The van der Waals surface area contributed by atoms with Crippen molar-refractivity contribution in [3.05, 3.63) is 94.0 Å². The summed E-state index contributed by atoms with van der Waals surface area (Å²) in [6.07, 6.45) is 1.63. The van der Waals surface area contributed by atoms with Crippen molar-refractivity contribution in [1.82, 2.24) is 15.0 Å². The number of methoxy groups -OCH3 is 3. The van der Waals surface area contributed by atoms with E-state index in [0.717, 1.165) is 4.68 Å². The lowest BCUT2D eigenvalue weighted by atomic mass is 10.1. The molecule has 4 aromatic rings. The fourth-order valence-corrected chi connectivity index (χ4v) is 3.63. The number of hydrogen-bond donors (Lipinski definition) is 2. The molecule has 0 saturated carbocycles. The highest BCUT2D eigenvalue weighted by Gasteiger charge is 2.18. The van der Waals surface area contributed by atoms with Gasteiger partial charge < -0.3 is 25.4 Å². The molecule has 0 fully saturated rings. The zero-order chi connectivity index (χ0) is 24.9. The molecule has 0 bridgehead atoms. The lowest BCUT2D eigenvalue weighted by Crippen LogP contribution is -2.34. The Balaban J connectivity index is 1.92. The van der Waals surface area contributed by atoms with Gasteiger partial charge in [0.15, 0.2) is 17.3 Å². The maximum absolute atomic E-state index is 13.0. The van der Waals surface area contributed by atoms with Crippen LogP contribution in [0.5, 0.6) is 17.2 Å². The minimum atomic E-state index is -0.449. The highest BCUT2D eigenvalue weighted by atomic mass is 16.5. The third-order valence-electron chi connectivity index (χ3n) is 5.33. The number of ether oxygens (including phenoxy) is 3. The average molecular weight is 473 g/mol. The topological polar surface area (TPSA) is 118 Å². The summed E-state index contributed by atoms with van der Waals surface area (Å²) in [6, 6.07) is 18.9. The Morgan fingerprint density at radius 1 is 0.943 bits per heavy atom. The smallest absolute Gasteiger partial charge is 0.280 e. The number of hydrogen-bond acceptors (Lipinski definition) is 7. The molecule has 0 atom stereocenters. The second-order valence-electron chi connectivity index (χ2n) is 7.46. The van der Waals surface area contributed by atoms with Crippen LogP contribution in [0, 0.1) is 0 Å². The van der Waals surface area contributed by atoms with Crippen molar-refractivity contribution in [2.45, 2.75) is 0 Å². The number of amides is 1. The number of nitrogens with zero attached hydrogens (tertiary/aromatic N) is 2. The first-order valence-electron chi connectivity index (χ1n) is 10.6. The molecule has 3 aromatic carbocycles. The molecule has 1 aromatic heterocycles. The quantitative estimate of drug-likeness (QED) is 0.397. The van der Waals surface area contributed by atoms with Gasteiger partial charge in [-0.05, 0) is 48.0 Å². The second-order valence-corrected chi connectivity index (χ2v) is 7.46. The van der Waals surface area contributed by atoms with E-state index in [2.05, 4.69) is 10.3 Å². The van der Waals surface area contributed by atoms with Gasteiger partial charge in [-0.15, -0.1) is 0 Å². The Morgan fingerprint density at radius 2 is 1.57 bits per heavy atom. The predicted octanol–water partition coefficient (Wildman–Crippen LogP) is 3.06. The minimum absolute atomic E-state index is 0.0757. The van der Waals surface area contributed by atoms with Gasteiger partial charge in [-0.2, -0.15) is 0 Å². The zero-order valence-electron chi connectivity index (χ0n) is 19.4. The zero-order valence-corrected chi connectivity index (χ0v) is 19.4. The van der Waals surface area contributed by atoms with E-state index in [4.69, 9.17) is 20.1 Å². The van der Waals surface area contributed by atoms with Gasteiger partial charge >= 0.3 is 0 Å². The van der Waals surface area contributed by atoms with Crippen molar-refractivity contribution < 1.29 is 19.0 Å². The standard InChI is InChI=1S/C26H24N4O5/c1-33-21-14-16(15-22(34-2)23(21)35-3)13-20(29-25(31)17-9-5-4-6-10-17)24-28-19-12-8-7-11-18(19)26(32)30(24)27/h4-15H,27H2,1-3H3,(H,29,31)/b20-13-. The van der Waals surface area contributed by atoms with E-state index >= 15 is 0 Å². The Hall–Kier alpha value is -4.79. The van der Waals surface area contributed by atoms with Crippen LogP contribution in [-0.2, 0) is 0 Å². The molecule has 1 heterocycles. The summed E-state index contributed by atoms with van der Waals surface area (Å²) in [7, 11) is 4.52. The number of carbonyl (C=O) groups excluding carboxylic acids is 1.